The lowest BCUT2D eigenvalue weighted by molar-refractivity contribution is 0.211. The molecule has 0 amide bonds. The van der Waals surface area contributed by atoms with E-state index in [1.54, 1.807) is 12.5 Å². The summed E-state index contributed by atoms with van der Waals surface area (Å²) in [5.41, 5.74) is 0.987. The van der Waals surface area contributed by atoms with Gasteiger partial charge in [0.25, 0.3) is 0 Å². The summed E-state index contributed by atoms with van der Waals surface area (Å²) >= 11 is 3.52. The highest BCUT2D eigenvalue weighted by Crippen LogP contribution is 2.30. The van der Waals surface area contributed by atoms with Gasteiger partial charge < -0.3 is 0 Å². The monoisotopic (exact) mass is 323 g/mol. The second-order valence-corrected chi connectivity index (χ2v) is 6.13. The molecule has 0 bridgehead atoms. The molecule has 0 radical (unpaired) electrons. The summed E-state index contributed by atoms with van der Waals surface area (Å²) in [5.74, 6) is 1.35. The van der Waals surface area contributed by atoms with Gasteiger partial charge >= 0.3 is 0 Å². The van der Waals surface area contributed by atoms with Gasteiger partial charge in [0.1, 0.15) is 6.33 Å². The average Bonchev–Trinajstić information content (AvgIpc) is 2.87. The molecule has 1 aliphatic rings. The molecule has 2 aromatic heterocycles. The van der Waals surface area contributed by atoms with Crippen molar-refractivity contribution in [2.75, 3.05) is 11.6 Å². The molecule has 1 saturated carbocycles. The zero-order valence-electron chi connectivity index (χ0n) is 10.8. The maximum absolute atomic E-state index is 10.4. The van der Waals surface area contributed by atoms with Gasteiger partial charge in [-0.3, -0.25) is 9.61 Å². The van der Waals surface area contributed by atoms with Crippen molar-refractivity contribution < 1.29 is 5.21 Å². The fourth-order valence-corrected chi connectivity index (χ4v) is 3.43. The first-order chi connectivity index (χ1) is 9.25. The van der Waals surface area contributed by atoms with E-state index in [0.717, 1.165) is 15.8 Å². The number of pyridine rings is 1. The van der Waals surface area contributed by atoms with Crippen LogP contribution in [0, 0.1) is 5.92 Å². The number of halogens is 1. The van der Waals surface area contributed by atoms with Crippen LogP contribution in [-0.4, -0.2) is 21.1 Å². The average molecular weight is 324 g/mol. The first kappa shape index (κ1) is 12.9. The van der Waals surface area contributed by atoms with Crippen molar-refractivity contribution >= 4 is 27.3 Å². The second kappa shape index (κ2) is 5.51. The zero-order valence-corrected chi connectivity index (χ0v) is 12.4. The van der Waals surface area contributed by atoms with Crippen molar-refractivity contribution in [2.45, 2.75) is 32.1 Å². The summed E-state index contributed by atoms with van der Waals surface area (Å²) in [6.07, 6.45) is 9.87. The maximum Gasteiger partial charge on any atom is 0.153 e. The number of anilines is 1. The highest BCUT2D eigenvalue weighted by molar-refractivity contribution is 9.10. The number of rotatable bonds is 3. The molecule has 3 rings (SSSR count). The predicted octanol–water partition coefficient (Wildman–Crippen LogP) is 3.87. The number of hydrogen-bond acceptors (Lipinski definition) is 3. The molecule has 0 spiro atoms. The van der Waals surface area contributed by atoms with Gasteiger partial charge in [-0.15, -0.1) is 0 Å². The molecular formula is C14H18BrN3O. The molecule has 19 heavy (non-hydrogen) atoms. The van der Waals surface area contributed by atoms with Crippen molar-refractivity contribution in [2.24, 2.45) is 5.92 Å². The third-order valence-electron chi connectivity index (χ3n) is 3.91. The van der Waals surface area contributed by atoms with E-state index in [1.165, 1.54) is 37.2 Å². The fraction of sp³-hybridized carbons (Fsp3) is 0.500. The summed E-state index contributed by atoms with van der Waals surface area (Å²) in [4.78, 5) is 4.14. The van der Waals surface area contributed by atoms with E-state index < -0.39 is 0 Å². The molecule has 2 aromatic rings. The van der Waals surface area contributed by atoms with Crippen molar-refractivity contribution in [3.8, 4) is 0 Å². The topological polar surface area (TPSA) is 40.8 Å². The molecule has 0 aromatic carbocycles. The molecule has 0 saturated heterocycles. The Hall–Kier alpha value is -1.07. The van der Waals surface area contributed by atoms with E-state index in [1.807, 2.05) is 16.5 Å². The van der Waals surface area contributed by atoms with Crippen molar-refractivity contribution in [3.63, 3.8) is 0 Å². The van der Waals surface area contributed by atoms with Crippen molar-refractivity contribution in [3.05, 3.63) is 29.1 Å². The van der Waals surface area contributed by atoms with Crippen LogP contribution in [-0.2, 0) is 0 Å². The van der Waals surface area contributed by atoms with Gasteiger partial charge in [0, 0.05) is 6.54 Å². The standard InChI is InChI=1S/C14H18BrN3O/c15-13-7-6-12-8-16-10-17(12)14(13)18(19)9-11-4-2-1-3-5-11/h6-8,10-11,19H,1-5,9H2. The Balaban J connectivity index is 1.85. The SMILES string of the molecule is ON(CC1CCCCC1)c1c(Br)ccc2cncn12. The molecule has 5 heteroatoms. The number of aromatic nitrogens is 2. The molecule has 2 heterocycles. The molecule has 102 valence electrons. The quantitative estimate of drug-likeness (QED) is 0.871. The summed E-state index contributed by atoms with van der Waals surface area (Å²) in [5, 5.41) is 11.8. The van der Waals surface area contributed by atoms with Crippen molar-refractivity contribution in [1.29, 1.82) is 0 Å². The predicted molar refractivity (Wildman–Crippen MR) is 78.6 cm³/mol. The number of hydroxylamine groups is 1. The second-order valence-electron chi connectivity index (χ2n) is 5.28. The molecule has 1 N–H and O–H groups in total. The summed E-state index contributed by atoms with van der Waals surface area (Å²) in [6, 6.07) is 3.94. The number of fused-ring (bicyclic) bond motifs is 1. The van der Waals surface area contributed by atoms with Crippen molar-refractivity contribution in [1.82, 2.24) is 9.38 Å². The Morgan fingerprint density at radius 2 is 2.11 bits per heavy atom. The number of hydrogen-bond donors (Lipinski definition) is 1. The van der Waals surface area contributed by atoms with Gasteiger partial charge in [-0.25, -0.2) is 10.0 Å². The highest BCUT2D eigenvalue weighted by atomic mass is 79.9. The summed E-state index contributed by atoms with van der Waals surface area (Å²) in [7, 11) is 0. The van der Waals surface area contributed by atoms with Gasteiger partial charge in [0.2, 0.25) is 0 Å². The van der Waals surface area contributed by atoms with E-state index in [2.05, 4.69) is 20.9 Å². The Kier molecular flexibility index (Phi) is 3.75. The fourth-order valence-electron chi connectivity index (χ4n) is 2.90. The maximum atomic E-state index is 10.4. The molecule has 0 unspecified atom stereocenters. The summed E-state index contributed by atoms with van der Waals surface area (Å²) < 4.78 is 2.80. The first-order valence-electron chi connectivity index (χ1n) is 6.82. The van der Waals surface area contributed by atoms with E-state index >= 15 is 0 Å². The lowest BCUT2D eigenvalue weighted by Gasteiger charge is -2.27. The van der Waals surface area contributed by atoms with Gasteiger partial charge in [0.05, 0.1) is 16.2 Å². The van der Waals surface area contributed by atoms with Crippen LogP contribution >= 0.6 is 15.9 Å². The van der Waals surface area contributed by atoms with E-state index in [-0.39, 0.29) is 0 Å². The molecule has 4 nitrogen and oxygen atoms in total. The van der Waals surface area contributed by atoms with Gasteiger partial charge in [-0.1, -0.05) is 19.3 Å². The zero-order chi connectivity index (χ0) is 13.2. The van der Waals surface area contributed by atoms with Crippen LogP contribution in [0.2, 0.25) is 0 Å². The summed E-state index contributed by atoms with van der Waals surface area (Å²) in [6.45, 7) is 0.690. The normalized spacial score (nSPS) is 16.9. The lowest BCUT2D eigenvalue weighted by atomic mass is 9.89. The molecule has 0 atom stereocenters. The van der Waals surface area contributed by atoms with Crippen LogP contribution in [0.1, 0.15) is 32.1 Å². The van der Waals surface area contributed by atoms with Crippen LogP contribution < -0.4 is 5.06 Å². The minimum atomic E-state index is 0.587. The van der Waals surface area contributed by atoms with Gasteiger partial charge in [0.15, 0.2) is 5.82 Å². The van der Waals surface area contributed by atoms with Crippen LogP contribution in [0.3, 0.4) is 0 Å². The molecule has 0 aliphatic heterocycles. The van der Waals surface area contributed by atoms with E-state index in [4.69, 9.17) is 0 Å². The smallest absolute Gasteiger partial charge is 0.153 e. The Morgan fingerprint density at radius 1 is 1.32 bits per heavy atom. The number of imidazole rings is 1. The van der Waals surface area contributed by atoms with Gasteiger partial charge in [-0.05, 0) is 46.8 Å². The van der Waals surface area contributed by atoms with E-state index in [0.29, 0.717) is 12.5 Å². The minimum Gasteiger partial charge on any atom is -0.287 e. The van der Waals surface area contributed by atoms with Crippen LogP contribution in [0.4, 0.5) is 5.82 Å². The molecule has 1 fully saturated rings. The molecule has 1 aliphatic carbocycles. The van der Waals surface area contributed by atoms with Crippen LogP contribution in [0.25, 0.3) is 5.52 Å². The Labute approximate surface area is 121 Å². The third-order valence-corrected chi connectivity index (χ3v) is 4.53. The largest absolute Gasteiger partial charge is 0.287 e. The van der Waals surface area contributed by atoms with E-state index in [9.17, 15) is 5.21 Å². The molecular weight excluding hydrogens is 306 g/mol. The minimum absolute atomic E-state index is 0.587. The Morgan fingerprint density at radius 3 is 2.89 bits per heavy atom. The van der Waals surface area contributed by atoms with Gasteiger partial charge in [-0.2, -0.15) is 0 Å². The number of nitrogens with zero attached hydrogens (tertiary/aromatic N) is 3. The third kappa shape index (κ3) is 2.62. The Bertz CT molecular complexity index is 563. The highest BCUT2D eigenvalue weighted by Gasteiger charge is 2.19. The van der Waals surface area contributed by atoms with Crippen LogP contribution in [0.15, 0.2) is 29.1 Å². The lowest BCUT2D eigenvalue weighted by Crippen LogP contribution is -2.29. The first-order valence-corrected chi connectivity index (χ1v) is 7.62. The van der Waals surface area contributed by atoms with Crippen LogP contribution in [0.5, 0.6) is 0 Å².